The first kappa shape index (κ1) is 15.6. The van der Waals surface area contributed by atoms with Crippen LogP contribution >= 0.6 is 11.8 Å². The average Bonchev–Trinajstić information content (AvgIpc) is 2.73. The predicted molar refractivity (Wildman–Crippen MR) is 79.3 cm³/mol. The number of carbonyl (C=O) groups excluding carboxylic acids is 2. The fourth-order valence-electron chi connectivity index (χ4n) is 2.20. The second-order valence-corrected chi connectivity index (χ2v) is 6.28. The maximum absolute atomic E-state index is 12.3. The summed E-state index contributed by atoms with van der Waals surface area (Å²) in [4.78, 5) is 37.2. The van der Waals surface area contributed by atoms with E-state index < -0.39 is 11.2 Å². The van der Waals surface area contributed by atoms with E-state index in [1.807, 2.05) is 13.8 Å². The number of imide groups is 1. The van der Waals surface area contributed by atoms with Gasteiger partial charge in [0.25, 0.3) is 0 Å². The summed E-state index contributed by atoms with van der Waals surface area (Å²) in [5.41, 5.74) is 0.203. The molecule has 0 bridgehead atoms. The van der Waals surface area contributed by atoms with E-state index in [1.54, 1.807) is 12.1 Å². The number of nitrogens with zero attached hydrogens (tertiary/aromatic N) is 1. The Morgan fingerprint density at radius 1 is 1.38 bits per heavy atom. The van der Waals surface area contributed by atoms with Crippen molar-refractivity contribution < 1.29 is 19.5 Å². The number of rotatable bonds is 5. The van der Waals surface area contributed by atoms with Crippen LogP contribution in [0.5, 0.6) is 0 Å². The molecule has 1 heterocycles. The molecule has 6 heteroatoms. The molecule has 112 valence electrons. The summed E-state index contributed by atoms with van der Waals surface area (Å²) in [6, 6.07) is 6.25. The molecule has 2 amide bonds. The third-order valence-corrected chi connectivity index (χ3v) is 4.75. The minimum atomic E-state index is -0.985. The third kappa shape index (κ3) is 3.26. The quantitative estimate of drug-likeness (QED) is 0.846. The van der Waals surface area contributed by atoms with Crippen LogP contribution < -0.4 is 0 Å². The highest BCUT2D eigenvalue weighted by Gasteiger charge is 2.40. The zero-order chi connectivity index (χ0) is 15.6. The van der Waals surface area contributed by atoms with Gasteiger partial charge in [-0.15, -0.1) is 11.8 Å². The lowest BCUT2D eigenvalue weighted by atomic mass is 10.2. The van der Waals surface area contributed by atoms with Crippen LogP contribution in [0.15, 0.2) is 29.2 Å². The number of thioether (sulfide) groups is 1. The van der Waals surface area contributed by atoms with Crippen molar-refractivity contribution in [1.82, 2.24) is 4.90 Å². The highest BCUT2D eigenvalue weighted by atomic mass is 32.2. The van der Waals surface area contributed by atoms with Crippen molar-refractivity contribution in [2.24, 2.45) is 0 Å². The molecule has 1 aromatic rings. The standard InChI is InChI=1S/C15H17NO4S/c1-3-9(2)16-13(17)8-12(14(16)18)21-11-6-4-10(5-7-11)15(19)20/h4-7,9,12H,3,8H2,1-2H3,(H,19,20). The van der Waals surface area contributed by atoms with Crippen molar-refractivity contribution >= 4 is 29.5 Å². The van der Waals surface area contributed by atoms with E-state index in [0.29, 0.717) is 0 Å². The van der Waals surface area contributed by atoms with E-state index >= 15 is 0 Å². The van der Waals surface area contributed by atoms with Gasteiger partial charge in [0, 0.05) is 17.4 Å². The van der Waals surface area contributed by atoms with E-state index in [-0.39, 0.29) is 29.8 Å². The van der Waals surface area contributed by atoms with Gasteiger partial charge in [-0.25, -0.2) is 4.79 Å². The van der Waals surface area contributed by atoms with Crippen LogP contribution in [0.1, 0.15) is 37.0 Å². The van der Waals surface area contributed by atoms with Gasteiger partial charge < -0.3 is 5.11 Å². The number of benzene rings is 1. The summed E-state index contributed by atoms with van der Waals surface area (Å²) in [6.07, 6.45) is 0.941. The Kier molecular flexibility index (Phi) is 4.67. The Morgan fingerprint density at radius 3 is 2.52 bits per heavy atom. The molecule has 0 saturated carbocycles. The Hall–Kier alpha value is -1.82. The lowest BCUT2D eigenvalue weighted by molar-refractivity contribution is -0.140. The van der Waals surface area contributed by atoms with Crippen LogP contribution in [0.25, 0.3) is 0 Å². The highest BCUT2D eigenvalue weighted by Crippen LogP contribution is 2.32. The lowest BCUT2D eigenvalue weighted by Gasteiger charge is -2.21. The molecule has 0 aromatic heterocycles. The second kappa shape index (κ2) is 6.30. The van der Waals surface area contributed by atoms with Gasteiger partial charge in [0.1, 0.15) is 0 Å². The number of amides is 2. The van der Waals surface area contributed by atoms with Gasteiger partial charge in [-0.1, -0.05) is 6.92 Å². The zero-order valence-corrected chi connectivity index (χ0v) is 12.7. The molecule has 1 N–H and O–H groups in total. The van der Waals surface area contributed by atoms with Gasteiger partial charge in [0.05, 0.1) is 10.8 Å². The van der Waals surface area contributed by atoms with Crippen LogP contribution in [0.2, 0.25) is 0 Å². The van der Waals surface area contributed by atoms with Gasteiger partial charge in [-0.05, 0) is 37.6 Å². The number of carboxylic acids is 1. The largest absolute Gasteiger partial charge is 0.478 e. The molecule has 2 rings (SSSR count). The van der Waals surface area contributed by atoms with E-state index in [9.17, 15) is 14.4 Å². The number of hydrogen-bond donors (Lipinski definition) is 1. The smallest absolute Gasteiger partial charge is 0.335 e. The highest BCUT2D eigenvalue weighted by molar-refractivity contribution is 8.00. The maximum Gasteiger partial charge on any atom is 0.335 e. The van der Waals surface area contributed by atoms with E-state index in [4.69, 9.17) is 5.11 Å². The van der Waals surface area contributed by atoms with E-state index in [2.05, 4.69) is 0 Å². The van der Waals surface area contributed by atoms with Gasteiger partial charge in [-0.3, -0.25) is 14.5 Å². The van der Waals surface area contributed by atoms with Gasteiger partial charge in [0.15, 0.2) is 0 Å². The second-order valence-electron chi connectivity index (χ2n) is 5.00. The number of hydrogen-bond acceptors (Lipinski definition) is 4. The molecule has 1 aromatic carbocycles. The fourth-order valence-corrected chi connectivity index (χ4v) is 3.26. The Balaban J connectivity index is 2.08. The maximum atomic E-state index is 12.3. The molecular weight excluding hydrogens is 290 g/mol. The minimum absolute atomic E-state index is 0.0787. The Morgan fingerprint density at radius 2 is 2.00 bits per heavy atom. The van der Waals surface area contributed by atoms with Gasteiger partial charge in [-0.2, -0.15) is 0 Å². The molecule has 5 nitrogen and oxygen atoms in total. The van der Waals surface area contributed by atoms with Crippen molar-refractivity contribution in [3.63, 3.8) is 0 Å². The van der Waals surface area contributed by atoms with Crippen molar-refractivity contribution in [2.45, 2.75) is 42.9 Å². The first-order valence-corrected chi connectivity index (χ1v) is 7.68. The molecule has 1 aliphatic rings. The zero-order valence-electron chi connectivity index (χ0n) is 11.9. The molecule has 1 aliphatic heterocycles. The van der Waals surface area contributed by atoms with Crippen LogP contribution in [-0.4, -0.2) is 39.1 Å². The first-order valence-electron chi connectivity index (χ1n) is 6.80. The number of aromatic carboxylic acids is 1. The van der Waals surface area contributed by atoms with Crippen LogP contribution in [-0.2, 0) is 9.59 Å². The van der Waals surface area contributed by atoms with Crippen molar-refractivity contribution in [2.75, 3.05) is 0 Å². The summed E-state index contributed by atoms with van der Waals surface area (Å²) in [7, 11) is 0. The number of carboxylic acid groups (broad SMARTS) is 1. The number of likely N-dealkylation sites (tertiary alicyclic amines) is 1. The molecule has 0 aliphatic carbocycles. The predicted octanol–water partition coefficient (Wildman–Crippen LogP) is 2.40. The molecule has 1 fully saturated rings. The average molecular weight is 307 g/mol. The van der Waals surface area contributed by atoms with Crippen molar-refractivity contribution in [3.8, 4) is 0 Å². The van der Waals surface area contributed by atoms with Crippen molar-refractivity contribution in [3.05, 3.63) is 29.8 Å². The lowest BCUT2D eigenvalue weighted by Crippen LogP contribution is -2.38. The molecular formula is C15H17NO4S. The molecule has 21 heavy (non-hydrogen) atoms. The summed E-state index contributed by atoms with van der Waals surface area (Å²) >= 11 is 1.31. The molecule has 1 saturated heterocycles. The summed E-state index contributed by atoms with van der Waals surface area (Å²) in [6.45, 7) is 3.81. The van der Waals surface area contributed by atoms with Gasteiger partial charge >= 0.3 is 5.97 Å². The monoisotopic (exact) mass is 307 g/mol. The van der Waals surface area contributed by atoms with Gasteiger partial charge in [0.2, 0.25) is 11.8 Å². The SMILES string of the molecule is CCC(C)N1C(=O)CC(Sc2ccc(C(=O)O)cc2)C1=O. The summed E-state index contributed by atoms with van der Waals surface area (Å²) in [5, 5.41) is 8.43. The molecule has 0 radical (unpaired) electrons. The van der Waals surface area contributed by atoms with Crippen LogP contribution in [0.4, 0.5) is 0 Å². The van der Waals surface area contributed by atoms with Crippen molar-refractivity contribution in [1.29, 1.82) is 0 Å². The van der Waals surface area contributed by atoms with E-state index in [0.717, 1.165) is 11.3 Å². The molecule has 2 unspecified atom stereocenters. The first-order chi connectivity index (χ1) is 9.93. The summed E-state index contributed by atoms with van der Waals surface area (Å²) in [5.74, 6) is -1.27. The fraction of sp³-hybridized carbons (Fsp3) is 0.400. The summed E-state index contributed by atoms with van der Waals surface area (Å²) < 4.78 is 0. The Bertz CT molecular complexity index is 570. The van der Waals surface area contributed by atoms with E-state index in [1.165, 1.54) is 28.8 Å². The van der Waals surface area contributed by atoms with Crippen LogP contribution in [0, 0.1) is 0 Å². The Labute approximate surface area is 127 Å². The normalized spacial score (nSPS) is 19.9. The molecule has 2 atom stereocenters. The number of carbonyl (C=O) groups is 3. The topological polar surface area (TPSA) is 74.7 Å². The minimum Gasteiger partial charge on any atom is -0.478 e. The third-order valence-electron chi connectivity index (χ3n) is 3.55. The molecule has 0 spiro atoms. The van der Waals surface area contributed by atoms with Crippen LogP contribution in [0.3, 0.4) is 0 Å².